The van der Waals surface area contributed by atoms with E-state index in [0.717, 1.165) is 65.5 Å². The van der Waals surface area contributed by atoms with Gasteiger partial charge < -0.3 is 15.2 Å². The molecule has 5 heteroatoms. The number of benzene rings is 2. The average molecular weight is 451 g/mol. The van der Waals surface area contributed by atoms with Gasteiger partial charge in [-0.15, -0.1) is 0 Å². The maximum atomic E-state index is 13.0. The van der Waals surface area contributed by atoms with E-state index in [-0.39, 0.29) is 5.91 Å². The van der Waals surface area contributed by atoms with E-state index >= 15 is 0 Å². The molecule has 2 N–H and O–H groups in total. The number of aromatic amines is 1. The maximum absolute atomic E-state index is 13.0. The lowest BCUT2D eigenvalue weighted by Gasteiger charge is -2.17. The van der Waals surface area contributed by atoms with Gasteiger partial charge in [0.25, 0.3) is 5.91 Å². The monoisotopic (exact) mass is 450 g/mol. The van der Waals surface area contributed by atoms with Crippen LogP contribution in [0.15, 0.2) is 54.6 Å². The minimum absolute atomic E-state index is 0.156. The van der Waals surface area contributed by atoms with Crippen molar-refractivity contribution in [1.82, 2.24) is 20.2 Å². The molecule has 0 radical (unpaired) electrons. The van der Waals surface area contributed by atoms with Crippen molar-refractivity contribution in [2.45, 2.75) is 20.8 Å². The highest BCUT2D eigenvalue weighted by Gasteiger charge is 2.38. The van der Waals surface area contributed by atoms with Crippen LogP contribution in [0.5, 0.6) is 0 Å². The molecule has 172 valence electrons. The Labute approximate surface area is 200 Å². The number of carbonyl (C=O) groups is 1. The Balaban J connectivity index is 1.27. The Morgan fingerprint density at radius 1 is 0.853 bits per heavy atom. The third kappa shape index (κ3) is 3.61. The number of aromatic nitrogens is 2. The lowest BCUT2D eigenvalue weighted by Crippen LogP contribution is -2.31. The molecule has 2 aliphatic rings. The number of nitrogens with zero attached hydrogens (tertiary/aromatic N) is 2. The number of likely N-dealkylation sites (tertiary alicyclic amines) is 1. The standard InChI is InChI=1S/C29H30N4O/c1-17-10-23(11-18(2)31-17)28-19(3)26-9-8-22(12-27(26)32-28)20-4-6-21(7-5-20)29(34)33-15-24-13-30-14-25(24)16-33/h4-12,24-25,30,32H,13-16H2,1-3H3. The van der Waals surface area contributed by atoms with Crippen LogP contribution in [0.4, 0.5) is 0 Å². The highest BCUT2D eigenvalue weighted by Crippen LogP contribution is 2.33. The number of hydrogen-bond acceptors (Lipinski definition) is 3. The molecule has 0 spiro atoms. The molecule has 34 heavy (non-hydrogen) atoms. The summed E-state index contributed by atoms with van der Waals surface area (Å²) >= 11 is 0. The lowest BCUT2D eigenvalue weighted by atomic mass is 10.0. The summed E-state index contributed by atoms with van der Waals surface area (Å²) in [5.74, 6) is 1.39. The topological polar surface area (TPSA) is 61.0 Å². The predicted octanol–water partition coefficient (Wildman–Crippen LogP) is 5.11. The van der Waals surface area contributed by atoms with Crippen LogP contribution in [-0.2, 0) is 0 Å². The molecule has 4 heterocycles. The fourth-order valence-corrected chi connectivity index (χ4v) is 5.79. The van der Waals surface area contributed by atoms with Gasteiger partial charge in [0.15, 0.2) is 0 Å². The molecule has 2 saturated heterocycles. The van der Waals surface area contributed by atoms with Crippen molar-refractivity contribution in [3.05, 3.63) is 77.1 Å². The zero-order chi connectivity index (χ0) is 23.4. The van der Waals surface area contributed by atoms with Crippen molar-refractivity contribution >= 4 is 16.8 Å². The molecule has 6 rings (SSSR count). The average Bonchev–Trinajstić information content (AvgIpc) is 3.52. The largest absolute Gasteiger partial charge is 0.354 e. The Hall–Kier alpha value is -3.44. The quantitative estimate of drug-likeness (QED) is 0.456. The fourth-order valence-electron chi connectivity index (χ4n) is 5.79. The summed E-state index contributed by atoms with van der Waals surface area (Å²) in [6.45, 7) is 10.1. The number of fused-ring (bicyclic) bond motifs is 2. The van der Waals surface area contributed by atoms with Gasteiger partial charge in [0.05, 0.1) is 0 Å². The summed E-state index contributed by atoms with van der Waals surface area (Å²) < 4.78 is 0. The first-order valence-corrected chi connectivity index (χ1v) is 12.1. The molecule has 2 unspecified atom stereocenters. The third-order valence-corrected chi connectivity index (χ3v) is 7.57. The second kappa shape index (κ2) is 8.10. The van der Waals surface area contributed by atoms with Gasteiger partial charge in [0.2, 0.25) is 0 Å². The van der Waals surface area contributed by atoms with Crippen LogP contribution < -0.4 is 5.32 Å². The van der Waals surface area contributed by atoms with E-state index in [9.17, 15) is 4.79 Å². The fraction of sp³-hybridized carbons (Fsp3) is 0.310. The van der Waals surface area contributed by atoms with Gasteiger partial charge in [0.1, 0.15) is 0 Å². The predicted molar refractivity (Wildman–Crippen MR) is 137 cm³/mol. The second-order valence-corrected chi connectivity index (χ2v) is 9.99. The number of carbonyl (C=O) groups excluding carboxylic acids is 1. The van der Waals surface area contributed by atoms with Crippen molar-refractivity contribution in [3.63, 3.8) is 0 Å². The summed E-state index contributed by atoms with van der Waals surface area (Å²) in [5.41, 5.74) is 9.77. The van der Waals surface area contributed by atoms with Crippen molar-refractivity contribution in [2.75, 3.05) is 26.2 Å². The zero-order valence-corrected chi connectivity index (χ0v) is 20.0. The van der Waals surface area contributed by atoms with E-state index in [1.807, 2.05) is 30.9 Å². The summed E-state index contributed by atoms with van der Waals surface area (Å²) in [7, 11) is 0. The molecule has 2 aliphatic heterocycles. The smallest absolute Gasteiger partial charge is 0.253 e. The minimum Gasteiger partial charge on any atom is -0.354 e. The number of hydrogen-bond donors (Lipinski definition) is 2. The number of amides is 1. The molecule has 1 amide bonds. The first kappa shape index (κ1) is 21.1. The molecular formula is C29H30N4O. The van der Waals surface area contributed by atoms with Crippen LogP contribution in [0, 0.1) is 32.6 Å². The molecule has 2 atom stereocenters. The Bertz CT molecular complexity index is 1370. The van der Waals surface area contributed by atoms with Crippen LogP contribution in [0.25, 0.3) is 33.3 Å². The molecule has 5 nitrogen and oxygen atoms in total. The Morgan fingerprint density at radius 3 is 2.18 bits per heavy atom. The van der Waals surface area contributed by atoms with Crippen molar-refractivity contribution in [2.24, 2.45) is 11.8 Å². The summed E-state index contributed by atoms with van der Waals surface area (Å²) in [4.78, 5) is 23.2. The molecular weight excluding hydrogens is 420 g/mol. The molecule has 0 bridgehead atoms. The van der Waals surface area contributed by atoms with E-state index in [0.29, 0.717) is 11.8 Å². The number of aryl methyl sites for hydroxylation is 3. The molecule has 0 saturated carbocycles. The van der Waals surface area contributed by atoms with E-state index in [2.05, 4.69) is 64.7 Å². The van der Waals surface area contributed by atoms with Crippen LogP contribution >= 0.6 is 0 Å². The number of pyridine rings is 1. The van der Waals surface area contributed by atoms with Crippen LogP contribution in [0.1, 0.15) is 27.3 Å². The maximum Gasteiger partial charge on any atom is 0.253 e. The normalized spacial score (nSPS) is 19.7. The number of H-pyrrole nitrogens is 1. The van der Waals surface area contributed by atoms with Gasteiger partial charge in [-0.1, -0.05) is 24.3 Å². The van der Waals surface area contributed by atoms with Crippen molar-refractivity contribution in [1.29, 1.82) is 0 Å². The van der Waals surface area contributed by atoms with E-state index < -0.39 is 0 Å². The van der Waals surface area contributed by atoms with E-state index in [4.69, 9.17) is 0 Å². The van der Waals surface area contributed by atoms with Crippen LogP contribution in [0.3, 0.4) is 0 Å². The number of rotatable bonds is 3. The summed E-state index contributed by atoms with van der Waals surface area (Å²) in [6.07, 6.45) is 0. The highest BCUT2D eigenvalue weighted by atomic mass is 16.2. The van der Waals surface area contributed by atoms with Gasteiger partial charge in [-0.3, -0.25) is 9.78 Å². The van der Waals surface area contributed by atoms with Gasteiger partial charge in [-0.2, -0.15) is 0 Å². The van der Waals surface area contributed by atoms with Crippen molar-refractivity contribution in [3.8, 4) is 22.4 Å². The second-order valence-electron chi connectivity index (χ2n) is 9.99. The lowest BCUT2D eigenvalue weighted by molar-refractivity contribution is 0.0781. The molecule has 2 aromatic heterocycles. The van der Waals surface area contributed by atoms with Gasteiger partial charge in [-0.05, 0) is 79.6 Å². The van der Waals surface area contributed by atoms with E-state index in [1.54, 1.807) is 0 Å². The first-order valence-electron chi connectivity index (χ1n) is 12.1. The Kier molecular flexibility index (Phi) is 5.03. The van der Waals surface area contributed by atoms with E-state index in [1.165, 1.54) is 16.5 Å². The Morgan fingerprint density at radius 2 is 1.50 bits per heavy atom. The van der Waals surface area contributed by atoms with Gasteiger partial charge >= 0.3 is 0 Å². The number of nitrogens with one attached hydrogen (secondary N) is 2. The molecule has 0 aliphatic carbocycles. The molecule has 2 fully saturated rings. The van der Waals surface area contributed by atoms with Crippen LogP contribution in [-0.4, -0.2) is 47.0 Å². The van der Waals surface area contributed by atoms with Crippen molar-refractivity contribution < 1.29 is 4.79 Å². The highest BCUT2D eigenvalue weighted by molar-refractivity contribution is 5.96. The summed E-state index contributed by atoms with van der Waals surface area (Å²) in [6, 6.07) is 18.9. The summed E-state index contributed by atoms with van der Waals surface area (Å²) in [5, 5.41) is 4.67. The molecule has 2 aromatic carbocycles. The van der Waals surface area contributed by atoms with Gasteiger partial charge in [0, 0.05) is 65.3 Å². The van der Waals surface area contributed by atoms with Crippen LogP contribution in [0.2, 0.25) is 0 Å². The first-order chi connectivity index (χ1) is 16.5. The SMILES string of the molecule is Cc1cc(-c2[nH]c3cc(-c4ccc(C(=O)N5CC6CNCC6C5)cc4)ccc3c2C)cc(C)n1. The minimum atomic E-state index is 0.156. The zero-order valence-electron chi connectivity index (χ0n) is 20.0. The molecule has 4 aromatic rings. The van der Waals surface area contributed by atoms with Gasteiger partial charge in [-0.25, -0.2) is 0 Å². The third-order valence-electron chi connectivity index (χ3n) is 7.57.